The second-order valence-corrected chi connectivity index (χ2v) is 3.65. The van der Waals surface area contributed by atoms with Crippen molar-refractivity contribution in [2.45, 2.75) is 0 Å². The van der Waals surface area contributed by atoms with E-state index in [1.807, 2.05) is 0 Å². The van der Waals surface area contributed by atoms with Crippen molar-refractivity contribution in [3.63, 3.8) is 0 Å². The van der Waals surface area contributed by atoms with Gasteiger partial charge in [0.25, 0.3) is 5.91 Å². The molecule has 6 heteroatoms. The van der Waals surface area contributed by atoms with Crippen molar-refractivity contribution in [1.29, 1.82) is 0 Å². The summed E-state index contributed by atoms with van der Waals surface area (Å²) < 4.78 is 9.93. The lowest BCUT2D eigenvalue weighted by atomic mass is 10.1. The van der Waals surface area contributed by atoms with Gasteiger partial charge in [0.15, 0.2) is 5.76 Å². The van der Waals surface area contributed by atoms with Gasteiger partial charge in [-0.05, 0) is 24.3 Å². The van der Waals surface area contributed by atoms with Crippen LogP contribution < -0.4 is 10.1 Å². The van der Waals surface area contributed by atoms with Gasteiger partial charge in [0.2, 0.25) is 0 Å². The molecule has 0 atom stereocenters. The third-order valence-electron chi connectivity index (χ3n) is 2.45. The Morgan fingerprint density at radius 1 is 1.32 bits per heavy atom. The van der Waals surface area contributed by atoms with E-state index in [0.717, 1.165) is 0 Å². The third kappa shape index (κ3) is 2.74. The summed E-state index contributed by atoms with van der Waals surface area (Å²) in [6, 6.07) is 7.35. The molecule has 0 aliphatic rings. The minimum Gasteiger partial charge on any atom is -0.497 e. The summed E-state index contributed by atoms with van der Waals surface area (Å²) in [4.78, 5) is 22.9. The van der Waals surface area contributed by atoms with Crippen LogP contribution in [0.4, 0.5) is 5.69 Å². The Kier molecular flexibility index (Phi) is 3.51. The molecule has 0 fully saturated rings. The van der Waals surface area contributed by atoms with Gasteiger partial charge in [0.05, 0.1) is 24.6 Å². The highest BCUT2D eigenvalue weighted by Crippen LogP contribution is 2.23. The Balaban J connectivity index is 2.32. The summed E-state index contributed by atoms with van der Waals surface area (Å²) >= 11 is 0. The van der Waals surface area contributed by atoms with E-state index in [-0.39, 0.29) is 17.0 Å². The summed E-state index contributed by atoms with van der Waals surface area (Å²) in [7, 11) is 1.45. The van der Waals surface area contributed by atoms with Crippen LogP contribution in [0.1, 0.15) is 20.9 Å². The third-order valence-corrected chi connectivity index (χ3v) is 2.45. The number of carbonyl (C=O) groups is 2. The van der Waals surface area contributed by atoms with Crippen LogP contribution in [0.3, 0.4) is 0 Å². The number of furan rings is 1. The molecule has 2 rings (SSSR count). The average Bonchev–Trinajstić information content (AvgIpc) is 2.92. The maximum Gasteiger partial charge on any atom is 0.337 e. The highest BCUT2D eigenvalue weighted by molar-refractivity contribution is 6.06. The number of hydrogen-bond donors (Lipinski definition) is 2. The van der Waals surface area contributed by atoms with Crippen LogP contribution in [-0.4, -0.2) is 24.1 Å². The number of carboxylic acids is 1. The lowest BCUT2D eigenvalue weighted by Gasteiger charge is -2.09. The van der Waals surface area contributed by atoms with Crippen molar-refractivity contribution in [1.82, 2.24) is 0 Å². The second kappa shape index (κ2) is 5.26. The summed E-state index contributed by atoms with van der Waals surface area (Å²) in [6.07, 6.45) is 1.36. The van der Waals surface area contributed by atoms with Crippen LogP contribution in [0.25, 0.3) is 0 Å². The molecule has 6 nitrogen and oxygen atoms in total. The summed E-state index contributed by atoms with van der Waals surface area (Å²) in [5, 5.41) is 11.5. The molecule has 0 spiro atoms. The number of aromatic carboxylic acids is 1. The Labute approximate surface area is 108 Å². The van der Waals surface area contributed by atoms with Gasteiger partial charge in [-0.3, -0.25) is 4.79 Å². The number of carbonyl (C=O) groups excluding carboxylic acids is 1. The topological polar surface area (TPSA) is 88.8 Å². The van der Waals surface area contributed by atoms with Gasteiger partial charge in [-0.25, -0.2) is 4.79 Å². The van der Waals surface area contributed by atoms with Gasteiger partial charge in [-0.1, -0.05) is 0 Å². The summed E-state index contributed by atoms with van der Waals surface area (Å²) in [5.41, 5.74) is 0.119. The molecule has 0 bridgehead atoms. The molecule has 19 heavy (non-hydrogen) atoms. The van der Waals surface area contributed by atoms with E-state index in [4.69, 9.17) is 14.3 Å². The lowest BCUT2D eigenvalue weighted by molar-refractivity contribution is 0.0698. The molecule has 1 aromatic carbocycles. The molecule has 0 aliphatic heterocycles. The molecule has 2 aromatic rings. The van der Waals surface area contributed by atoms with Crippen LogP contribution in [0.15, 0.2) is 41.0 Å². The number of amides is 1. The molecule has 0 unspecified atom stereocenters. The van der Waals surface area contributed by atoms with Gasteiger partial charge in [-0.2, -0.15) is 0 Å². The second-order valence-electron chi connectivity index (χ2n) is 3.65. The molecule has 2 N–H and O–H groups in total. The maximum atomic E-state index is 11.8. The van der Waals surface area contributed by atoms with E-state index in [9.17, 15) is 9.59 Å². The fraction of sp³-hybridized carbons (Fsp3) is 0.0769. The van der Waals surface area contributed by atoms with E-state index in [1.165, 1.54) is 37.6 Å². The molecule has 98 valence electrons. The average molecular weight is 261 g/mol. The van der Waals surface area contributed by atoms with Crippen molar-refractivity contribution in [3.05, 3.63) is 47.9 Å². The molecular formula is C13H11NO5. The smallest absolute Gasteiger partial charge is 0.337 e. The van der Waals surface area contributed by atoms with E-state index < -0.39 is 11.9 Å². The minimum absolute atomic E-state index is 0.0271. The fourth-order valence-electron chi connectivity index (χ4n) is 1.53. The first-order chi connectivity index (χ1) is 9.11. The van der Waals surface area contributed by atoms with Gasteiger partial charge in [-0.15, -0.1) is 0 Å². The molecule has 0 saturated carbocycles. The monoisotopic (exact) mass is 261 g/mol. The largest absolute Gasteiger partial charge is 0.497 e. The Morgan fingerprint density at radius 3 is 2.68 bits per heavy atom. The quantitative estimate of drug-likeness (QED) is 0.881. The zero-order valence-electron chi connectivity index (χ0n) is 10.0. The van der Waals surface area contributed by atoms with Crippen molar-refractivity contribution in [2.75, 3.05) is 12.4 Å². The van der Waals surface area contributed by atoms with Crippen molar-refractivity contribution in [2.24, 2.45) is 0 Å². The first kappa shape index (κ1) is 12.7. The van der Waals surface area contributed by atoms with Gasteiger partial charge in [0, 0.05) is 6.07 Å². The molecule has 0 saturated heterocycles. The Hall–Kier alpha value is -2.76. The predicted octanol–water partition coefficient (Wildman–Crippen LogP) is 2.24. The Morgan fingerprint density at radius 2 is 2.11 bits per heavy atom. The number of nitrogens with one attached hydrogen (secondary N) is 1. The molecule has 1 aromatic heterocycles. The van der Waals surface area contributed by atoms with Crippen LogP contribution in [0.2, 0.25) is 0 Å². The summed E-state index contributed by atoms with van der Waals surface area (Å²) in [5.74, 6) is -1.13. The minimum atomic E-state index is -1.14. The molecule has 1 amide bonds. The van der Waals surface area contributed by atoms with Crippen molar-refractivity contribution in [3.8, 4) is 5.75 Å². The molecule has 0 radical (unpaired) electrons. The zero-order valence-corrected chi connectivity index (χ0v) is 10.0. The van der Waals surface area contributed by atoms with Crippen LogP contribution in [0.5, 0.6) is 5.75 Å². The standard InChI is InChI=1S/C13H11NO5/c1-18-8-4-5-9(13(16)17)10(7-8)14-12(15)11-3-2-6-19-11/h2-7H,1H3,(H,14,15)(H,16,17). The number of carboxylic acid groups (broad SMARTS) is 1. The summed E-state index contributed by atoms with van der Waals surface area (Å²) in [6.45, 7) is 0. The van der Waals surface area contributed by atoms with Crippen LogP contribution in [-0.2, 0) is 0 Å². The van der Waals surface area contributed by atoms with Gasteiger partial charge in [0.1, 0.15) is 5.75 Å². The van der Waals surface area contributed by atoms with Crippen LogP contribution >= 0.6 is 0 Å². The predicted molar refractivity (Wildman–Crippen MR) is 66.6 cm³/mol. The van der Waals surface area contributed by atoms with E-state index >= 15 is 0 Å². The maximum absolute atomic E-state index is 11.8. The highest BCUT2D eigenvalue weighted by Gasteiger charge is 2.15. The highest BCUT2D eigenvalue weighted by atomic mass is 16.5. The zero-order chi connectivity index (χ0) is 13.8. The number of anilines is 1. The van der Waals surface area contributed by atoms with Gasteiger partial charge >= 0.3 is 5.97 Å². The number of methoxy groups -OCH3 is 1. The Bertz CT molecular complexity index is 604. The normalized spacial score (nSPS) is 9.95. The fourth-order valence-corrected chi connectivity index (χ4v) is 1.53. The molecule has 1 heterocycles. The SMILES string of the molecule is COc1ccc(C(=O)O)c(NC(=O)c2ccco2)c1. The number of hydrogen-bond acceptors (Lipinski definition) is 4. The van der Waals surface area contributed by atoms with Crippen LogP contribution in [0, 0.1) is 0 Å². The number of rotatable bonds is 4. The number of ether oxygens (including phenoxy) is 1. The van der Waals surface area contributed by atoms with Gasteiger partial charge < -0.3 is 19.6 Å². The molecule has 0 aliphatic carbocycles. The molecular weight excluding hydrogens is 250 g/mol. The lowest BCUT2D eigenvalue weighted by Crippen LogP contribution is -2.14. The van der Waals surface area contributed by atoms with Crippen molar-refractivity contribution < 1.29 is 23.8 Å². The van der Waals surface area contributed by atoms with E-state index in [1.54, 1.807) is 6.07 Å². The van der Waals surface area contributed by atoms with Crippen molar-refractivity contribution >= 4 is 17.6 Å². The van der Waals surface area contributed by atoms with E-state index in [0.29, 0.717) is 5.75 Å². The first-order valence-electron chi connectivity index (χ1n) is 5.38. The first-order valence-corrected chi connectivity index (χ1v) is 5.38. The number of benzene rings is 1. The van der Waals surface area contributed by atoms with E-state index in [2.05, 4.69) is 5.32 Å².